The number of fused-ring (bicyclic) bond motifs is 2. The van der Waals surface area contributed by atoms with Crippen molar-refractivity contribution in [1.82, 2.24) is 9.97 Å². The number of para-hydroxylation sites is 2. The van der Waals surface area contributed by atoms with E-state index < -0.39 is 0 Å². The number of carbonyl (C=O) groups excluding carboxylic acids is 1. The largest absolute Gasteiger partial charge is 0.461 e. The smallest absolute Gasteiger partial charge is 0.302 e. The average Bonchev–Trinajstić information content (AvgIpc) is 2.42. The normalized spacial score (nSPS) is 10.8. The van der Waals surface area contributed by atoms with Crippen LogP contribution in [-0.4, -0.2) is 15.9 Å². The van der Waals surface area contributed by atoms with Gasteiger partial charge in [0, 0.05) is 6.92 Å². The Labute approximate surface area is 110 Å². The highest BCUT2D eigenvalue weighted by Gasteiger charge is 2.03. The van der Waals surface area contributed by atoms with Crippen LogP contribution in [0.25, 0.3) is 22.1 Å². The highest BCUT2D eigenvalue weighted by molar-refractivity contribution is 5.86. The molecule has 0 atom stereocenters. The number of carbonyl (C=O) groups is 1. The van der Waals surface area contributed by atoms with Gasteiger partial charge >= 0.3 is 5.97 Å². The van der Waals surface area contributed by atoms with Gasteiger partial charge in [-0.1, -0.05) is 18.2 Å². The Hall–Kier alpha value is -2.49. The highest BCUT2D eigenvalue weighted by Crippen LogP contribution is 2.17. The topological polar surface area (TPSA) is 52.1 Å². The van der Waals surface area contributed by atoms with E-state index in [1.54, 1.807) is 0 Å². The van der Waals surface area contributed by atoms with Crippen LogP contribution in [-0.2, 0) is 16.1 Å². The molecule has 0 amide bonds. The summed E-state index contributed by atoms with van der Waals surface area (Å²) in [5.41, 5.74) is 4.29. The summed E-state index contributed by atoms with van der Waals surface area (Å²) in [7, 11) is 0. The summed E-state index contributed by atoms with van der Waals surface area (Å²) in [5, 5.41) is 0. The monoisotopic (exact) mass is 252 g/mol. The molecule has 0 fully saturated rings. The lowest BCUT2D eigenvalue weighted by atomic mass is 10.2. The molecule has 0 unspecified atom stereocenters. The predicted molar refractivity (Wildman–Crippen MR) is 72.5 cm³/mol. The van der Waals surface area contributed by atoms with Gasteiger partial charge in [0.1, 0.15) is 6.61 Å². The molecule has 1 aromatic heterocycles. The Balaban J connectivity index is 2.06. The van der Waals surface area contributed by atoms with E-state index in [-0.39, 0.29) is 12.6 Å². The van der Waals surface area contributed by atoms with E-state index in [1.165, 1.54) is 6.92 Å². The zero-order valence-corrected chi connectivity index (χ0v) is 10.5. The summed E-state index contributed by atoms with van der Waals surface area (Å²) in [5.74, 6) is -0.287. The molecule has 0 spiro atoms. The van der Waals surface area contributed by atoms with Gasteiger partial charge in [-0.05, 0) is 29.8 Å². The molecule has 0 aliphatic carbocycles. The van der Waals surface area contributed by atoms with Crippen molar-refractivity contribution in [2.45, 2.75) is 13.5 Å². The second-order valence-electron chi connectivity index (χ2n) is 4.32. The van der Waals surface area contributed by atoms with Crippen molar-refractivity contribution in [2.24, 2.45) is 0 Å². The molecular weight excluding hydrogens is 240 g/mol. The zero-order valence-electron chi connectivity index (χ0n) is 10.5. The SMILES string of the molecule is CC(=O)OCc1ccc2nc3ccccc3nc2c1. The third-order valence-electron chi connectivity index (χ3n) is 2.85. The van der Waals surface area contributed by atoms with Gasteiger partial charge in [0.05, 0.1) is 22.1 Å². The zero-order chi connectivity index (χ0) is 13.2. The maximum absolute atomic E-state index is 10.8. The molecule has 4 heteroatoms. The molecule has 0 aliphatic heterocycles. The minimum Gasteiger partial charge on any atom is -0.461 e. The van der Waals surface area contributed by atoms with Gasteiger partial charge in [-0.25, -0.2) is 9.97 Å². The number of hydrogen-bond donors (Lipinski definition) is 0. The van der Waals surface area contributed by atoms with Crippen molar-refractivity contribution in [3.63, 3.8) is 0 Å². The van der Waals surface area contributed by atoms with E-state index in [1.807, 2.05) is 42.5 Å². The Morgan fingerprint density at radius 1 is 1.00 bits per heavy atom. The lowest BCUT2D eigenvalue weighted by Gasteiger charge is -2.04. The summed E-state index contributed by atoms with van der Waals surface area (Å²) < 4.78 is 4.98. The van der Waals surface area contributed by atoms with Gasteiger partial charge in [-0.2, -0.15) is 0 Å². The van der Waals surface area contributed by atoms with Gasteiger partial charge in [0.25, 0.3) is 0 Å². The number of esters is 1. The van der Waals surface area contributed by atoms with Gasteiger partial charge < -0.3 is 4.74 Å². The summed E-state index contributed by atoms with van der Waals surface area (Å²) in [6.07, 6.45) is 0. The number of nitrogens with zero attached hydrogens (tertiary/aromatic N) is 2. The third kappa shape index (κ3) is 2.38. The number of rotatable bonds is 2. The lowest BCUT2D eigenvalue weighted by molar-refractivity contribution is -0.142. The number of hydrogen-bond acceptors (Lipinski definition) is 4. The van der Waals surface area contributed by atoms with Crippen molar-refractivity contribution in [3.8, 4) is 0 Å². The molecule has 0 bridgehead atoms. The molecule has 0 N–H and O–H groups in total. The van der Waals surface area contributed by atoms with Crippen LogP contribution in [0.3, 0.4) is 0 Å². The Morgan fingerprint density at radius 2 is 1.63 bits per heavy atom. The molecular formula is C15H12N2O2. The van der Waals surface area contributed by atoms with Crippen LogP contribution in [0.1, 0.15) is 12.5 Å². The van der Waals surface area contributed by atoms with Crippen LogP contribution >= 0.6 is 0 Å². The number of aromatic nitrogens is 2. The summed E-state index contributed by atoms with van der Waals surface area (Å²) in [6.45, 7) is 1.66. The standard InChI is InChI=1S/C15H12N2O2/c1-10(18)19-9-11-6-7-14-15(8-11)17-13-5-3-2-4-12(13)16-14/h2-8H,9H2,1H3. The molecule has 0 aliphatic rings. The number of ether oxygens (including phenoxy) is 1. The summed E-state index contributed by atoms with van der Waals surface area (Å²) >= 11 is 0. The fourth-order valence-electron chi connectivity index (χ4n) is 1.94. The Bertz CT molecular complexity index is 768. The molecule has 19 heavy (non-hydrogen) atoms. The predicted octanol–water partition coefficient (Wildman–Crippen LogP) is 2.85. The molecule has 4 nitrogen and oxygen atoms in total. The van der Waals surface area contributed by atoms with Crippen LogP contribution in [0.4, 0.5) is 0 Å². The van der Waals surface area contributed by atoms with Crippen LogP contribution in [0.2, 0.25) is 0 Å². The van der Waals surface area contributed by atoms with Crippen molar-refractivity contribution in [1.29, 1.82) is 0 Å². The van der Waals surface area contributed by atoms with Crippen molar-refractivity contribution in [3.05, 3.63) is 48.0 Å². The first kappa shape index (κ1) is 11.6. The molecule has 0 saturated heterocycles. The first-order valence-corrected chi connectivity index (χ1v) is 6.01. The minimum atomic E-state index is -0.287. The molecule has 1 heterocycles. The fourth-order valence-corrected chi connectivity index (χ4v) is 1.94. The van der Waals surface area contributed by atoms with Gasteiger partial charge in [0.15, 0.2) is 0 Å². The average molecular weight is 252 g/mol. The first-order valence-electron chi connectivity index (χ1n) is 6.01. The van der Waals surface area contributed by atoms with Crippen molar-refractivity contribution in [2.75, 3.05) is 0 Å². The molecule has 94 valence electrons. The van der Waals surface area contributed by atoms with Gasteiger partial charge in [-0.15, -0.1) is 0 Å². The minimum absolute atomic E-state index is 0.264. The van der Waals surface area contributed by atoms with Crippen LogP contribution in [0.5, 0.6) is 0 Å². The Morgan fingerprint density at radius 3 is 2.32 bits per heavy atom. The van der Waals surface area contributed by atoms with E-state index >= 15 is 0 Å². The second kappa shape index (κ2) is 4.65. The molecule has 3 aromatic rings. The maximum Gasteiger partial charge on any atom is 0.302 e. The lowest BCUT2D eigenvalue weighted by Crippen LogP contribution is -1.99. The number of benzene rings is 2. The van der Waals surface area contributed by atoms with E-state index in [4.69, 9.17) is 4.74 Å². The third-order valence-corrected chi connectivity index (χ3v) is 2.85. The van der Waals surface area contributed by atoms with Crippen molar-refractivity contribution >= 4 is 28.0 Å². The van der Waals surface area contributed by atoms with Crippen LogP contribution < -0.4 is 0 Å². The molecule has 0 saturated carbocycles. The van der Waals surface area contributed by atoms with E-state index in [9.17, 15) is 4.79 Å². The first-order chi connectivity index (χ1) is 9.22. The van der Waals surface area contributed by atoms with Crippen molar-refractivity contribution < 1.29 is 9.53 Å². The Kier molecular flexibility index (Phi) is 2.83. The van der Waals surface area contributed by atoms with Crippen LogP contribution in [0.15, 0.2) is 42.5 Å². The molecule has 0 radical (unpaired) electrons. The van der Waals surface area contributed by atoms with E-state index in [0.717, 1.165) is 27.6 Å². The maximum atomic E-state index is 10.8. The quantitative estimate of drug-likeness (QED) is 0.520. The van der Waals surface area contributed by atoms with E-state index in [0.29, 0.717) is 0 Å². The molecule has 3 rings (SSSR count). The van der Waals surface area contributed by atoms with Gasteiger partial charge in [0.2, 0.25) is 0 Å². The molecule has 2 aromatic carbocycles. The summed E-state index contributed by atoms with van der Waals surface area (Å²) in [4.78, 5) is 19.9. The van der Waals surface area contributed by atoms with Gasteiger partial charge in [-0.3, -0.25) is 4.79 Å². The summed E-state index contributed by atoms with van der Waals surface area (Å²) in [6, 6.07) is 13.4. The highest BCUT2D eigenvalue weighted by atomic mass is 16.5. The van der Waals surface area contributed by atoms with Crippen LogP contribution in [0, 0.1) is 0 Å². The second-order valence-corrected chi connectivity index (χ2v) is 4.32. The van der Waals surface area contributed by atoms with E-state index in [2.05, 4.69) is 9.97 Å². The fraction of sp³-hybridized carbons (Fsp3) is 0.133.